The minimum absolute atomic E-state index is 0.0415. The zero-order valence-corrected chi connectivity index (χ0v) is 20.7. The molecule has 2 amide bonds. The minimum Gasteiger partial charge on any atom is -0.477 e. The molecular formula is C21H19N6O5S3+. The molecule has 0 aliphatic carbocycles. The number of carboxylic acid groups (broad SMARTS) is 1. The van der Waals surface area contributed by atoms with Gasteiger partial charge in [0.15, 0.2) is 29.8 Å². The predicted molar refractivity (Wildman–Crippen MR) is 132 cm³/mol. The molecule has 0 saturated carbocycles. The van der Waals surface area contributed by atoms with Crippen LogP contribution in [0.4, 0.5) is 5.13 Å². The van der Waals surface area contributed by atoms with E-state index in [1.807, 2.05) is 34.5 Å². The maximum atomic E-state index is 13.0. The number of thiazole rings is 1. The van der Waals surface area contributed by atoms with E-state index in [-0.39, 0.29) is 22.2 Å². The van der Waals surface area contributed by atoms with Gasteiger partial charge in [-0.3, -0.25) is 14.5 Å². The Morgan fingerprint density at radius 3 is 2.94 bits per heavy atom. The number of carboxylic acids is 1. The van der Waals surface area contributed by atoms with Gasteiger partial charge in [-0.2, -0.15) is 0 Å². The third-order valence-electron chi connectivity index (χ3n) is 5.52. The molecule has 35 heavy (non-hydrogen) atoms. The first-order valence-corrected chi connectivity index (χ1v) is 13.1. The average molecular weight is 532 g/mol. The van der Waals surface area contributed by atoms with Gasteiger partial charge in [0, 0.05) is 27.5 Å². The van der Waals surface area contributed by atoms with E-state index in [0.717, 1.165) is 21.4 Å². The highest BCUT2D eigenvalue weighted by Gasteiger charge is 2.54. The number of oxime groups is 1. The zero-order valence-electron chi connectivity index (χ0n) is 18.2. The Morgan fingerprint density at radius 2 is 2.23 bits per heavy atom. The number of nitrogen functional groups attached to an aromatic ring is 1. The van der Waals surface area contributed by atoms with Crippen LogP contribution in [-0.2, 0) is 25.8 Å². The van der Waals surface area contributed by atoms with Gasteiger partial charge in [0.1, 0.15) is 29.9 Å². The third-order valence-corrected chi connectivity index (χ3v) is 8.43. The summed E-state index contributed by atoms with van der Waals surface area (Å²) in [6.45, 7) is 0.337. The molecule has 180 valence electrons. The van der Waals surface area contributed by atoms with Crippen molar-refractivity contribution in [1.29, 1.82) is 0 Å². The lowest BCUT2D eigenvalue weighted by atomic mass is 10.0. The van der Waals surface area contributed by atoms with Gasteiger partial charge in [-0.25, -0.2) is 14.3 Å². The van der Waals surface area contributed by atoms with Crippen molar-refractivity contribution in [3.05, 3.63) is 52.3 Å². The number of pyridine rings is 1. The summed E-state index contributed by atoms with van der Waals surface area (Å²) in [6.07, 6.45) is 3.85. The van der Waals surface area contributed by atoms with E-state index in [2.05, 4.69) is 15.5 Å². The van der Waals surface area contributed by atoms with E-state index in [9.17, 15) is 19.5 Å². The summed E-state index contributed by atoms with van der Waals surface area (Å²) >= 11 is 4.17. The number of aromatic nitrogens is 2. The average Bonchev–Trinajstić information content (AvgIpc) is 3.48. The van der Waals surface area contributed by atoms with Crippen molar-refractivity contribution in [2.75, 3.05) is 18.6 Å². The number of anilines is 1. The maximum Gasteiger partial charge on any atom is 0.352 e. The van der Waals surface area contributed by atoms with Gasteiger partial charge in [0.05, 0.1) is 5.39 Å². The highest BCUT2D eigenvalue weighted by molar-refractivity contribution is 8.00. The number of amides is 2. The number of thiophene rings is 1. The number of β-lactam (4-membered cyclic amide) rings is 1. The number of nitrogens with one attached hydrogen (secondary N) is 1. The van der Waals surface area contributed by atoms with Gasteiger partial charge in [0.25, 0.3) is 11.8 Å². The minimum atomic E-state index is -1.18. The number of aliphatic carboxylic acids is 1. The fourth-order valence-corrected chi connectivity index (χ4v) is 6.62. The van der Waals surface area contributed by atoms with E-state index in [0.29, 0.717) is 17.9 Å². The molecule has 14 heteroatoms. The summed E-state index contributed by atoms with van der Waals surface area (Å²) in [4.78, 5) is 48.1. The molecule has 2 atom stereocenters. The lowest BCUT2D eigenvalue weighted by Crippen LogP contribution is -2.71. The molecule has 3 aromatic heterocycles. The summed E-state index contributed by atoms with van der Waals surface area (Å²) in [6, 6.07) is 3.08. The van der Waals surface area contributed by atoms with Crippen LogP contribution in [-0.4, -0.2) is 62.8 Å². The topological polar surface area (TPSA) is 151 Å². The van der Waals surface area contributed by atoms with Crippen molar-refractivity contribution in [2.24, 2.45) is 5.16 Å². The van der Waals surface area contributed by atoms with E-state index >= 15 is 0 Å². The first-order chi connectivity index (χ1) is 16.9. The van der Waals surface area contributed by atoms with Crippen molar-refractivity contribution >= 4 is 73.1 Å². The van der Waals surface area contributed by atoms with Crippen molar-refractivity contribution < 1.29 is 28.9 Å². The number of rotatable bonds is 7. The first kappa shape index (κ1) is 23.3. The van der Waals surface area contributed by atoms with Gasteiger partial charge in [-0.15, -0.1) is 34.4 Å². The van der Waals surface area contributed by atoms with Crippen LogP contribution in [0, 0.1) is 0 Å². The summed E-state index contributed by atoms with van der Waals surface area (Å²) in [5.41, 5.74) is 6.33. The van der Waals surface area contributed by atoms with E-state index in [1.165, 1.54) is 23.8 Å². The number of carbonyl (C=O) groups excluding carboxylic acids is 2. The van der Waals surface area contributed by atoms with Crippen LogP contribution in [0.3, 0.4) is 0 Å². The molecule has 1 saturated heterocycles. The molecule has 3 aromatic rings. The van der Waals surface area contributed by atoms with E-state index < -0.39 is 29.2 Å². The van der Waals surface area contributed by atoms with Crippen molar-refractivity contribution in [3.8, 4) is 0 Å². The molecule has 1 fully saturated rings. The molecular weight excluding hydrogens is 512 g/mol. The standard InChI is InChI=1S/C21H18N6O5S3/c1-32-25-14(12-9-35-21(22)23-12)17(28)24-15-18(29)27-16(20(30)31)11(8-34-19(15)27)7-26-4-2-13-10(6-26)3-5-33-13/h2-6,9,15,19H,7-8H2,1H3,(H3-,22,23,24,28,30,31)/p+1/b25-14-/t15-,19-/m1/s1. The Hall–Kier alpha value is -3.49. The number of fused-ring (bicyclic) bond motifs is 2. The smallest absolute Gasteiger partial charge is 0.352 e. The van der Waals surface area contributed by atoms with E-state index in [1.54, 1.807) is 16.7 Å². The van der Waals surface area contributed by atoms with Crippen LogP contribution in [0.25, 0.3) is 10.1 Å². The third kappa shape index (κ3) is 4.24. The highest BCUT2D eigenvalue weighted by atomic mass is 32.2. The lowest BCUT2D eigenvalue weighted by molar-refractivity contribution is -0.687. The van der Waals surface area contributed by atoms with Crippen LogP contribution in [0.15, 0.2) is 51.7 Å². The van der Waals surface area contributed by atoms with Crippen LogP contribution >= 0.6 is 34.4 Å². The number of carbonyl (C=O) groups is 3. The first-order valence-electron chi connectivity index (χ1n) is 10.3. The van der Waals surface area contributed by atoms with E-state index in [4.69, 9.17) is 10.6 Å². The molecule has 4 N–H and O–H groups in total. The quantitative estimate of drug-likeness (QED) is 0.177. The number of hydrogen-bond donors (Lipinski definition) is 3. The monoisotopic (exact) mass is 531 g/mol. The van der Waals surface area contributed by atoms with Crippen LogP contribution in [0.2, 0.25) is 0 Å². The second kappa shape index (κ2) is 9.28. The largest absolute Gasteiger partial charge is 0.477 e. The van der Waals surface area contributed by atoms with Gasteiger partial charge >= 0.3 is 5.97 Å². The van der Waals surface area contributed by atoms with Gasteiger partial charge < -0.3 is 21.0 Å². The van der Waals surface area contributed by atoms with Crippen LogP contribution in [0.5, 0.6) is 0 Å². The van der Waals surface area contributed by atoms with Gasteiger partial charge in [-0.05, 0) is 11.4 Å². The normalized spacial score (nSPS) is 20.0. The molecule has 5 heterocycles. The fourth-order valence-electron chi connectivity index (χ4n) is 3.98. The summed E-state index contributed by atoms with van der Waals surface area (Å²) in [5, 5.41) is 20.6. The Balaban J connectivity index is 1.36. The fraction of sp³-hybridized carbons (Fsp3) is 0.238. The second-order valence-corrected chi connectivity index (χ2v) is 10.6. The molecule has 0 unspecified atom stereocenters. The van der Waals surface area contributed by atoms with Crippen LogP contribution < -0.4 is 15.6 Å². The Bertz CT molecular complexity index is 1410. The van der Waals surface area contributed by atoms with Crippen molar-refractivity contribution in [2.45, 2.75) is 18.0 Å². The van der Waals surface area contributed by atoms with Crippen LogP contribution in [0.1, 0.15) is 5.69 Å². The molecule has 11 nitrogen and oxygen atoms in total. The highest BCUT2D eigenvalue weighted by Crippen LogP contribution is 2.40. The van der Waals surface area contributed by atoms with Gasteiger partial charge in [0.2, 0.25) is 0 Å². The molecule has 2 aliphatic rings. The Morgan fingerprint density at radius 1 is 1.40 bits per heavy atom. The SMILES string of the molecule is CO/N=C(\C(=O)N[C@@H]1C(=O)N2C(C(=O)O)=C(C[n+]3ccc4sccc4c3)CS[C@H]12)c1csc(N)n1. The maximum absolute atomic E-state index is 13.0. The zero-order chi connectivity index (χ0) is 24.7. The second-order valence-electron chi connectivity index (χ2n) is 7.67. The molecule has 5 rings (SSSR count). The lowest BCUT2D eigenvalue weighted by Gasteiger charge is -2.49. The molecule has 0 spiro atoms. The number of hydrogen-bond acceptors (Lipinski definition) is 10. The summed E-state index contributed by atoms with van der Waals surface area (Å²) in [5.74, 6) is -1.95. The number of thioether (sulfide) groups is 1. The summed E-state index contributed by atoms with van der Waals surface area (Å²) < 4.78 is 3.05. The van der Waals surface area contributed by atoms with Crippen molar-refractivity contribution in [3.63, 3.8) is 0 Å². The number of nitrogens with zero attached hydrogens (tertiary/aromatic N) is 4. The molecule has 2 aliphatic heterocycles. The molecule has 0 radical (unpaired) electrons. The Kier molecular flexibility index (Phi) is 6.17. The Labute approximate surface area is 210 Å². The predicted octanol–water partition coefficient (Wildman–Crippen LogP) is 1.02. The van der Waals surface area contributed by atoms with Crippen molar-refractivity contribution in [1.82, 2.24) is 15.2 Å². The number of nitrogens with two attached hydrogens (primary N) is 1. The van der Waals surface area contributed by atoms with Gasteiger partial charge in [-0.1, -0.05) is 5.16 Å². The summed E-state index contributed by atoms with van der Waals surface area (Å²) in [7, 11) is 1.29. The molecule has 0 aromatic carbocycles. The molecule has 0 bridgehead atoms.